The predicted octanol–water partition coefficient (Wildman–Crippen LogP) is 4.43. The third-order valence-corrected chi connectivity index (χ3v) is 6.55. The number of rotatable bonds is 11. The van der Waals surface area contributed by atoms with Crippen LogP contribution in [0.25, 0.3) is 10.9 Å². The van der Waals surface area contributed by atoms with Crippen molar-refractivity contribution in [2.75, 3.05) is 56.8 Å². The number of nitrogens with zero attached hydrogens (tertiary/aromatic N) is 3. The maximum Gasteiger partial charge on any atom is 0.0584 e. The number of nitrogen functional groups attached to an aromatic ring is 3. The molecule has 190 valence electrons. The number of hydrogen-bond acceptors (Lipinski definition) is 6. The van der Waals surface area contributed by atoms with E-state index in [1.807, 2.05) is 24.3 Å². The number of nitrogens with two attached hydrogens (primary N) is 3. The molecular weight excluding hydrogens is 446 g/mol. The number of fused-ring (bicyclic) bond motifs is 1. The van der Waals surface area contributed by atoms with Gasteiger partial charge in [-0.15, -0.1) is 0 Å². The van der Waals surface area contributed by atoms with E-state index < -0.39 is 0 Å². The first-order valence-corrected chi connectivity index (χ1v) is 12.5. The van der Waals surface area contributed by atoms with Gasteiger partial charge in [0.05, 0.1) is 28.3 Å². The summed E-state index contributed by atoms with van der Waals surface area (Å²) in [7, 11) is 6.42. The van der Waals surface area contributed by atoms with Gasteiger partial charge in [-0.3, -0.25) is 0 Å². The molecule has 0 atom stereocenters. The molecule has 36 heavy (non-hydrogen) atoms. The van der Waals surface area contributed by atoms with Crippen molar-refractivity contribution in [1.29, 1.82) is 0 Å². The van der Waals surface area contributed by atoms with E-state index >= 15 is 0 Å². The van der Waals surface area contributed by atoms with Crippen LogP contribution in [0.4, 0.5) is 22.7 Å². The standard InChI is InChI=1S/C29H39N7/c1-34(2)12-7-13-35(3)19-23-20-36(18-22-10-11-25(30)26(31)14-22)29-16-27(32)28(15-24(23)29)33-17-21-8-5-4-6-9-21/h4-6,8-11,14-16,20,33H,7,12-13,17-19,30-32H2,1-3H3. The van der Waals surface area contributed by atoms with Crippen LogP contribution in [-0.4, -0.2) is 48.6 Å². The lowest BCUT2D eigenvalue weighted by Crippen LogP contribution is -2.23. The fourth-order valence-corrected chi connectivity index (χ4v) is 4.58. The van der Waals surface area contributed by atoms with Gasteiger partial charge >= 0.3 is 0 Å². The molecule has 4 rings (SSSR count). The van der Waals surface area contributed by atoms with E-state index in [1.54, 1.807) is 0 Å². The Labute approximate surface area is 214 Å². The highest BCUT2D eigenvalue weighted by molar-refractivity contribution is 5.92. The molecular formula is C29H39N7. The Morgan fingerprint density at radius 2 is 1.58 bits per heavy atom. The average Bonchev–Trinajstić information content (AvgIpc) is 3.15. The smallest absolute Gasteiger partial charge is 0.0584 e. The van der Waals surface area contributed by atoms with Gasteiger partial charge in [0.15, 0.2) is 0 Å². The summed E-state index contributed by atoms with van der Waals surface area (Å²) in [6, 6.07) is 20.5. The number of aromatic nitrogens is 1. The zero-order valence-corrected chi connectivity index (χ0v) is 21.7. The number of benzene rings is 3. The topological polar surface area (TPSA) is 102 Å². The average molecular weight is 486 g/mol. The Hall–Kier alpha value is -3.68. The molecule has 7 nitrogen and oxygen atoms in total. The van der Waals surface area contributed by atoms with E-state index in [9.17, 15) is 0 Å². The van der Waals surface area contributed by atoms with Crippen molar-refractivity contribution in [3.8, 4) is 0 Å². The normalized spacial score (nSPS) is 11.6. The molecule has 0 saturated carbocycles. The lowest BCUT2D eigenvalue weighted by atomic mass is 10.1. The molecule has 7 N–H and O–H groups in total. The van der Waals surface area contributed by atoms with Gasteiger partial charge in [-0.05, 0) is 81.6 Å². The van der Waals surface area contributed by atoms with Crippen LogP contribution in [0.1, 0.15) is 23.1 Å². The molecule has 7 heteroatoms. The molecule has 0 unspecified atom stereocenters. The predicted molar refractivity (Wildman–Crippen MR) is 154 cm³/mol. The second-order valence-electron chi connectivity index (χ2n) is 9.94. The molecule has 4 aromatic rings. The monoisotopic (exact) mass is 485 g/mol. The SMILES string of the molecule is CN(C)CCCN(C)Cc1cn(Cc2ccc(N)c(N)c2)c2cc(N)c(NCc3ccccc3)cc12. The van der Waals surface area contributed by atoms with Crippen molar-refractivity contribution in [2.24, 2.45) is 0 Å². The number of anilines is 4. The Kier molecular flexibility index (Phi) is 8.03. The van der Waals surface area contributed by atoms with Crippen LogP contribution in [-0.2, 0) is 19.6 Å². The van der Waals surface area contributed by atoms with Gasteiger partial charge in [0.1, 0.15) is 0 Å². The van der Waals surface area contributed by atoms with Crippen LogP contribution in [0.3, 0.4) is 0 Å². The summed E-state index contributed by atoms with van der Waals surface area (Å²) >= 11 is 0. The highest BCUT2D eigenvalue weighted by Gasteiger charge is 2.14. The van der Waals surface area contributed by atoms with Gasteiger partial charge in [-0.1, -0.05) is 36.4 Å². The largest absolute Gasteiger partial charge is 0.397 e. The van der Waals surface area contributed by atoms with Crippen LogP contribution >= 0.6 is 0 Å². The molecule has 3 aromatic carbocycles. The molecule has 0 radical (unpaired) electrons. The molecule has 0 aliphatic carbocycles. The van der Waals surface area contributed by atoms with Crippen LogP contribution in [0.15, 0.2) is 66.9 Å². The van der Waals surface area contributed by atoms with Crippen LogP contribution in [0, 0.1) is 0 Å². The maximum absolute atomic E-state index is 6.53. The zero-order chi connectivity index (χ0) is 25.7. The molecule has 1 heterocycles. The van der Waals surface area contributed by atoms with Gasteiger partial charge in [-0.2, -0.15) is 0 Å². The lowest BCUT2D eigenvalue weighted by Gasteiger charge is -2.18. The summed E-state index contributed by atoms with van der Waals surface area (Å²) in [6.07, 6.45) is 3.38. The molecule has 0 spiro atoms. The fourth-order valence-electron chi connectivity index (χ4n) is 4.58. The summed E-state index contributed by atoms with van der Waals surface area (Å²) in [4.78, 5) is 4.61. The van der Waals surface area contributed by atoms with Gasteiger partial charge in [0, 0.05) is 31.2 Å². The van der Waals surface area contributed by atoms with E-state index in [4.69, 9.17) is 17.2 Å². The third-order valence-electron chi connectivity index (χ3n) is 6.55. The van der Waals surface area contributed by atoms with Crippen molar-refractivity contribution in [2.45, 2.75) is 26.1 Å². The highest BCUT2D eigenvalue weighted by Crippen LogP contribution is 2.32. The number of nitrogens with one attached hydrogen (secondary N) is 1. The lowest BCUT2D eigenvalue weighted by molar-refractivity contribution is 0.295. The molecule has 1 aromatic heterocycles. The molecule has 0 saturated heterocycles. The van der Waals surface area contributed by atoms with E-state index in [2.05, 4.69) is 83.4 Å². The van der Waals surface area contributed by atoms with Crippen molar-refractivity contribution >= 4 is 33.7 Å². The van der Waals surface area contributed by atoms with E-state index in [0.717, 1.165) is 55.1 Å². The fraction of sp³-hybridized carbons (Fsp3) is 0.310. The minimum Gasteiger partial charge on any atom is -0.397 e. The van der Waals surface area contributed by atoms with Crippen LogP contribution in [0.5, 0.6) is 0 Å². The van der Waals surface area contributed by atoms with Crippen molar-refractivity contribution in [1.82, 2.24) is 14.4 Å². The summed E-state index contributed by atoms with van der Waals surface area (Å²) in [5, 5.41) is 4.75. The quantitative estimate of drug-likeness (QED) is 0.235. The van der Waals surface area contributed by atoms with Crippen LogP contribution < -0.4 is 22.5 Å². The zero-order valence-electron chi connectivity index (χ0n) is 21.7. The molecule has 0 aliphatic heterocycles. The first-order chi connectivity index (χ1) is 17.3. The van der Waals surface area contributed by atoms with Crippen molar-refractivity contribution < 1.29 is 0 Å². The maximum atomic E-state index is 6.53. The molecule has 0 bridgehead atoms. The highest BCUT2D eigenvalue weighted by atomic mass is 15.1. The summed E-state index contributed by atoms with van der Waals surface area (Å²) < 4.78 is 2.26. The number of hydrogen-bond donors (Lipinski definition) is 4. The Morgan fingerprint density at radius 3 is 2.31 bits per heavy atom. The minimum atomic E-state index is 0.606. The van der Waals surface area contributed by atoms with Gasteiger partial charge < -0.3 is 36.9 Å². The Morgan fingerprint density at radius 1 is 0.806 bits per heavy atom. The molecule has 0 amide bonds. The van der Waals surface area contributed by atoms with Crippen molar-refractivity contribution in [3.05, 3.63) is 83.6 Å². The van der Waals surface area contributed by atoms with E-state index in [1.165, 1.54) is 16.5 Å². The third kappa shape index (κ3) is 6.30. The summed E-state index contributed by atoms with van der Waals surface area (Å²) in [6.45, 7) is 4.40. The first-order valence-electron chi connectivity index (χ1n) is 12.5. The Bertz CT molecular complexity index is 1290. The second-order valence-corrected chi connectivity index (χ2v) is 9.94. The van der Waals surface area contributed by atoms with Crippen LogP contribution in [0.2, 0.25) is 0 Å². The molecule has 0 aliphatic rings. The Balaban J connectivity index is 1.64. The van der Waals surface area contributed by atoms with E-state index in [-0.39, 0.29) is 0 Å². The minimum absolute atomic E-state index is 0.606. The first kappa shape index (κ1) is 25.4. The molecule has 0 fully saturated rings. The summed E-state index contributed by atoms with van der Waals surface area (Å²) in [5.74, 6) is 0. The summed E-state index contributed by atoms with van der Waals surface area (Å²) in [5.41, 5.74) is 26.2. The van der Waals surface area contributed by atoms with Gasteiger partial charge in [0.25, 0.3) is 0 Å². The van der Waals surface area contributed by atoms with Crippen molar-refractivity contribution in [3.63, 3.8) is 0 Å². The van der Waals surface area contributed by atoms with Gasteiger partial charge in [0.2, 0.25) is 0 Å². The second kappa shape index (κ2) is 11.4. The van der Waals surface area contributed by atoms with Gasteiger partial charge in [-0.25, -0.2) is 0 Å². The van der Waals surface area contributed by atoms with E-state index in [0.29, 0.717) is 17.9 Å².